The summed E-state index contributed by atoms with van der Waals surface area (Å²) in [6, 6.07) is 0. The minimum absolute atomic E-state index is 0.177. The Labute approximate surface area is 188 Å². The van der Waals surface area contributed by atoms with Crippen LogP contribution in [0, 0.1) is 0 Å². The Hall–Kier alpha value is -0.160. The highest BCUT2D eigenvalue weighted by atomic mass is 15.7. The standard InChI is InChI=1S/C26H54N4/c1-10-11-12-13-14-17-22(27-29-23(2,3)18-15-19-24(29,4)5)28-30-25(6,7)20-16-21-26(30,8)9/h22,27-28H,10-21H2,1-9H3. The quantitative estimate of drug-likeness (QED) is 0.300. The summed E-state index contributed by atoms with van der Waals surface area (Å²) in [4.78, 5) is 0. The summed E-state index contributed by atoms with van der Waals surface area (Å²) in [5.74, 6) is 0. The fourth-order valence-electron chi connectivity index (χ4n) is 6.11. The van der Waals surface area contributed by atoms with Gasteiger partial charge >= 0.3 is 0 Å². The van der Waals surface area contributed by atoms with Gasteiger partial charge in [0.2, 0.25) is 0 Å². The summed E-state index contributed by atoms with van der Waals surface area (Å²) < 4.78 is 0. The highest BCUT2D eigenvalue weighted by Crippen LogP contribution is 2.38. The first kappa shape index (κ1) is 26.1. The lowest BCUT2D eigenvalue weighted by Gasteiger charge is -2.57. The number of hydrogen-bond donors (Lipinski definition) is 2. The molecule has 0 bridgehead atoms. The molecular weight excluding hydrogens is 368 g/mol. The normalized spacial score (nSPS) is 26.2. The maximum atomic E-state index is 4.03. The second-order valence-electron chi connectivity index (χ2n) is 12.6. The van der Waals surface area contributed by atoms with Crippen LogP contribution in [0.15, 0.2) is 0 Å². The van der Waals surface area contributed by atoms with Gasteiger partial charge in [0.25, 0.3) is 0 Å². The molecule has 4 heteroatoms. The first-order valence-electron chi connectivity index (χ1n) is 12.9. The zero-order valence-corrected chi connectivity index (χ0v) is 22.0. The number of piperidine rings is 2. The second-order valence-corrected chi connectivity index (χ2v) is 12.6. The Morgan fingerprint density at radius 1 is 0.600 bits per heavy atom. The van der Waals surface area contributed by atoms with Crippen molar-refractivity contribution in [2.24, 2.45) is 0 Å². The molecule has 2 aliphatic rings. The van der Waals surface area contributed by atoms with Crippen molar-refractivity contribution in [1.29, 1.82) is 0 Å². The Kier molecular flexibility index (Phi) is 8.86. The predicted octanol–water partition coefficient (Wildman–Crippen LogP) is 6.77. The van der Waals surface area contributed by atoms with Crippen LogP contribution in [0.4, 0.5) is 0 Å². The number of hydrogen-bond acceptors (Lipinski definition) is 4. The molecule has 0 atom stereocenters. The average Bonchev–Trinajstić information content (AvgIpc) is 2.59. The van der Waals surface area contributed by atoms with Crippen molar-refractivity contribution < 1.29 is 0 Å². The lowest BCUT2D eigenvalue weighted by atomic mass is 9.81. The lowest BCUT2D eigenvalue weighted by molar-refractivity contribution is -0.124. The van der Waals surface area contributed by atoms with Crippen molar-refractivity contribution in [2.45, 2.75) is 168 Å². The van der Waals surface area contributed by atoms with Gasteiger partial charge in [0.1, 0.15) is 0 Å². The molecule has 2 heterocycles. The topological polar surface area (TPSA) is 30.5 Å². The predicted molar refractivity (Wildman–Crippen MR) is 131 cm³/mol. The molecule has 0 radical (unpaired) electrons. The molecule has 0 unspecified atom stereocenters. The molecule has 0 saturated carbocycles. The Bertz CT molecular complexity index is 451. The third kappa shape index (κ3) is 6.67. The van der Waals surface area contributed by atoms with Gasteiger partial charge in [-0.25, -0.2) is 20.9 Å². The van der Waals surface area contributed by atoms with Crippen LogP contribution in [-0.2, 0) is 0 Å². The molecule has 0 aromatic heterocycles. The maximum absolute atomic E-state index is 4.03. The largest absolute Gasteiger partial charge is 0.236 e. The van der Waals surface area contributed by atoms with Crippen LogP contribution in [0.2, 0.25) is 0 Å². The molecule has 0 aromatic rings. The van der Waals surface area contributed by atoms with Gasteiger partial charge in [0, 0.05) is 22.2 Å². The van der Waals surface area contributed by atoms with Crippen LogP contribution >= 0.6 is 0 Å². The Balaban J connectivity index is 2.17. The summed E-state index contributed by atoms with van der Waals surface area (Å²) in [5.41, 5.74) is 8.77. The first-order valence-corrected chi connectivity index (χ1v) is 12.9. The Morgan fingerprint density at radius 3 is 1.33 bits per heavy atom. The number of unbranched alkanes of at least 4 members (excludes halogenated alkanes) is 4. The summed E-state index contributed by atoms with van der Waals surface area (Å²) in [6.07, 6.45) is 15.8. The van der Waals surface area contributed by atoms with Crippen molar-refractivity contribution in [1.82, 2.24) is 20.9 Å². The average molecular weight is 423 g/mol. The van der Waals surface area contributed by atoms with Gasteiger partial charge in [-0.05, 0) is 100 Å². The van der Waals surface area contributed by atoms with E-state index in [9.17, 15) is 0 Å². The highest BCUT2D eigenvalue weighted by Gasteiger charge is 2.45. The molecule has 2 rings (SSSR count). The molecule has 0 spiro atoms. The number of hydrazine groups is 2. The van der Waals surface area contributed by atoms with E-state index in [1.165, 1.54) is 77.0 Å². The van der Waals surface area contributed by atoms with E-state index in [0.717, 1.165) is 0 Å². The van der Waals surface area contributed by atoms with Crippen LogP contribution < -0.4 is 10.9 Å². The van der Waals surface area contributed by atoms with Crippen LogP contribution in [0.3, 0.4) is 0 Å². The molecule has 2 saturated heterocycles. The fourth-order valence-corrected chi connectivity index (χ4v) is 6.11. The van der Waals surface area contributed by atoms with Crippen LogP contribution in [0.1, 0.15) is 139 Å². The molecule has 0 aliphatic carbocycles. The number of rotatable bonds is 10. The van der Waals surface area contributed by atoms with Gasteiger partial charge < -0.3 is 0 Å². The lowest BCUT2D eigenvalue weighted by Crippen LogP contribution is -2.72. The third-order valence-electron chi connectivity index (χ3n) is 7.74. The SMILES string of the molecule is CCCCCCCC(NN1C(C)(C)CCCC1(C)C)NN1C(C)(C)CCCC1(C)C. The van der Waals surface area contributed by atoms with Crippen LogP contribution in [0.25, 0.3) is 0 Å². The molecule has 4 nitrogen and oxygen atoms in total. The minimum atomic E-state index is 0.177. The van der Waals surface area contributed by atoms with Crippen molar-refractivity contribution in [3.05, 3.63) is 0 Å². The summed E-state index contributed by atoms with van der Waals surface area (Å²) in [5, 5.41) is 5.19. The van der Waals surface area contributed by atoms with E-state index in [1.807, 2.05) is 0 Å². The second kappa shape index (κ2) is 10.2. The van der Waals surface area contributed by atoms with Crippen molar-refractivity contribution in [3.63, 3.8) is 0 Å². The van der Waals surface area contributed by atoms with Gasteiger partial charge in [-0.3, -0.25) is 0 Å². The van der Waals surface area contributed by atoms with Crippen LogP contribution in [0.5, 0.6) is 0 Å². The van der Waals surface area contributed by atoms with Gasteiger partial charge in [0.05, 0.1) is 6.17 Å². The van der Waals surface area contributed by atoms with E-state index in [4.69, 9.17) is 0 Å². The molecule has 2 N–H and O–H groups in total. The fraction of sp³-hybridized carbons (Fsp3) is 1.00. The van der Waals surface area contributed by atoms with Gasteiger partial charge in [-0.1, -0.05) is 39.0 Å². The maximum Gasteiger partial charge on any atom is 0.0837 e. The van der Waals surface area contributed by atoms with E-state index in [0.29, 0.717) is 0 Å². The number of nitrogens with one attached hydrogen (secondary N) is 2. The van der Waals surface area contributed by atoms with E-state index in [2.05, 4.69) is 83.2 Å². The van der Waals surface area contributed by atoms with Crippen LogP contribution in [-0.4, -0.2) is 38.3 Å². The smallest absolute Gasteiger partial charge is 0.0837 e. The van der Waals surface area contributed by atoms with Gasteiger partial charge in [-0.15, -0.1) is 0 Å². The molecule has 30 heavy (non-hydrogen) atoms. The summed E-state index contributed by atoms with van der Waals surface area (Å²) >= 11 is 0. The number of nitrogens with zero attached hydrogens (tertiary/aromatic N) is 2. The van der Waals surface area contributed by atoms with E-state index in [1.54, 1.807) is 0 Å². The summed E-state index contributed by atoms with van der Waals surface area (Å²) in [6.45, 7) is 21.6. The van der Waals surface area contributed by atoms with E-state index >= 15 is 0 Å². The minimum Gasteiger partial charge on any atom is -0.236 e. The highest BCUT2D eigenvalue weighted by molar-refractivity contribution is 4.98. The first-order chi connectivity index (χ1) is 13.8. The zero-order valence-electron chi connectivity index (χ0n) is 22.0. The van der Waals surface area contributed by atoms with Crippen molar-refractivity contribution in [2.75, 3.05) is 0 Å². The zero-order chi connectivity index (χ0) is 22.6. The van der Waals surface area contributed by atoms with Crippen molar-refractivity contribution >= 4 is 0 Å². The van der Waals surface area contributed by atoms with Gasteiger partial charge in [0.15, 0.2) is 0 Å². The molecular formula is C26H54N4. The van der Waals surface area contributed by atoms with Crippen molar-refractivity contribution in [3.8, 4) is 0 Å². The molecule has 0 amide bonds. The third-order valence-corrected chi connectivity index (χ3v) is 7.74. The molecule has 2 aliphatic heterocycles. The summed E-state index contributed by atoms with van der Waals surface area (Å²) in [7, 11) is 0. The van der Waals surface area contributed by atoms with E-state index in [-0.39, 0.29) is 28.3 Å². The molecule has 178 valence electrons. The van der Waals surface area contributed by atoms with Gasteiger partial charge in [-0.2, -0.15) is 0 Å². The molecule has 0 aromatic carbocycles. The Morgan fingerprint density at radius 2 is 0.967 bits per heavy atom. The molecule has 2 fully saturated rings. The monoisotopic (exact) mass is 422 g/mol. The van der Waals surface area contributed by atoms with E-state index < -0.39 is 0 Å².